The summed E-state index contributed by atoms with van der Waals surface area (Å²) in [6, 6.07) is 14.5. The molecule has 0 aromatic heterocycles. The fourth-order valence-corrected chi connectivity index (χ4v) is 3.73. The number of rotatable bonds is 7. The fraction of sp³-hybridized carbons (Fsp3) is 0.423. The monoisotopic (exact) mass is 388 g/mol. The first-order valence-electron chi connectivity index (χ1n) is 10.8. The molecule has 0 atom stereocenters. The zero-order valence-corrected chi connectivity index (χ0v) is 18.3. The minimum atomic E-state index is -0.0214. The average molecular weight is 389 g/mol. The van der Waals surface area contributed by atoms with E-state index in [0.29, 0.717) is 5.92 Å². The van der Waals surface area contributed by atoms with E-state index < -0.39 is 0 Å². The SMILES string of the molecule is CCc1cccc(-c2ccc(/C(C)=N/N=C(/C)C3CCC3)cc2)c1C(=O)C(C)C. The third-order valence-corrected chi connectivity index (χ3v) is 5.97. The molecule has 0 aliphatic heterocycles. The standard InChI is InChI=1S/C26H32N2O/c1-6-20-9-8-12-24(25(20)26(29)17(2)3)23-15-13-22(14-16-23)19(5)28-27-18(4)21-10-7-11-21/h8-9,12-17,21H,6-7,10-11H2,1-5H3/b27-18-,28-19+. The van der Waals surface area contributed by atoms with Crippen molar-refractivity contribution in [3.63, 3.8) is 0 Å². The van der Waals surface area contributed by atoms with E-state index in [1.54, 1.807) is 0 Å². The van der Waals surface area contributed by atoms with E-state index in [1.807, 2.05) is 26.8 Å². The summed E-state index contributed by atoms with van der Waals surface area (Å²) in [5, 5.41) is 8.89. The van der Waals surface area contributed by atoms with Crippen LogP contribution in [-0.4, -0.2) is 17.2 Å². The number of Topliss-reactive ketones (excluding diaryl/α,β-unsaturated/α-hetero) is 1. The van der Waals surface area contributed by atoms with Crippen molar-refractivity contribution in [3.05, 3.63) is 59.2 Å². The lowest BCUT2D eigenvalue weighted by Crippen LogP contribution is -2.19. The Kier molecular flexibility index (Phi) is 6.79. The van der Waals surface area contributed by atoms with Crippen molar-refractivity contribution in [3.8, 4) is 11.1 Å². The van der Waals surface area contributed by atoms with Crippen LogP contribution in [0.5, 0.6) is 0 Å². The molecule has 1 fully saturated rings. The molecule has 0 heterocycles. The van der Waals surface area contributed by atoms with Crippen molar-refractivity contribution < 1.29 is 4.79 Å². The van der Waals surface area contributed by atoms with Crippen LogP contribution in [0, 0.1) is 11.8 Å². The second-order valence-corrected chi connectivity index (χ2v) is 8.34. The van der Waals surface area contributed by atoms with Crippen LogP contribution in [0.25, 0.3) is 11.1 Å². The van der Waals surface area contributed by atoms with Crippen molar-refractivity contribution in [2.75, 3.05) is 0 Å². The summed E-state index contributed by atoms with van der Waals surface area (Å²) in [6.45, 7) is 10.1. The molecule has 1 aliphatic carbocycles. The molecule has 152 valence electrons. The highest BCUT2D eigenvalue weighted by atomic mass is 16.1. The Morgan fingerprint density at radius 1 is 1.03 bits per heavy atom. The lowest BCUT2D eigenvalue weighted by molar-refractivity contribution is 0.0939. The van der Waals surface area contributed by atoms with Gasteiger partial charge in [0, 0.05) is 17.2 Å². The zero-order chi connectivity index (χ0) is 21.0. The van der Waals surface area contributed by atoms with Gasteiger partial charge in [-0.3, -0.25) is 4.79 Å². The van der Waals surface area contributed by atoms with Gasteiger partial charge in [-0.05, 0) is 61.3 Å². The lowest BCUT2D eigenvalue weighted by atomic mass is 9.82. The van der Waals surface area contributed by atoms with E-state index in [-0.39, 0.29) is 11.7 Å². The van der Waals surface area contributed by atoms with Gasteiger partial charge in [-0.15, -0.1) is 0 Å². The molecule has 2 aromatic carbocycles. The Labute approximate surface area is 175 Å². The van der Waals surface area contributed by atoms with Gasteiger partial charge in [0.2, 0.25) is 0 Å². The molecule has 0 spiro atoms. The highest BCUT2D eigenvalue weighted by molar-refractivity contribution is 6.05. The summed E-state index contributed by atoms with van der Waals surface area (Å²) in [6.07, 6.45) is 4.64. The first-order valence-corrected chi connectivity index (χ1v) is 10.8. The van der Waals surface area contributed by atoms with Crippen molar-refractivity contribution in [2.24, 2.45) is 22.0 Å². The predicted molar refractivity (Wildman–Crippen MR) is 123 cm³/mol. The van der Waals surface area contributed by atoms with E-state index in [9.17, 15) is 4.79 Å². The van der Waals surface area contributed by atoms with Gasteiger partial charge in [0.05, 0.1) is 5.71 Å². The van der Waals surface area contributed by atoms with Gasteiger partial charge in [-0.2, -0.15) is 10.2 Å². The summed E-state index contributed by atoms with van der Waals surface area (Å²) < 4.78 is 0. The molecular formula is C26H32N2O. The topological polar surface area (TPSA) is 41.8 Å². The van der Waals surface area contributed by atoms with E-state index in [0.717, 1.165) is 45.7 Å². The smallest absolute Gasteiger partial charge is 0.166 e. The number of carbonyl (C=O) groups excluding carboxylic acids is 1. The van der Waals surface area contributed by atoms with Crippen LogP contribution in [0.2, 0.25) is 0 Å². The van der Waals surface area contributed by atoms with Crippen LogP contribution in [-0.2, 0) is 6.42 Å². The number of hydrogen-bond donors (Lipinski definition) is 0. The number of ketones is 1. The Morgan fingerprint density at radius 2 is 1.72 bits per heavy atom. The molecular weight excluding hydrogens is 356 g/mol. The molecule has 0 saturated heterocycles. The number of nitrogens with zero attached hydrogens (tertiary/aromatic N) is 2. The van der Waals surface area contributed by atoms with Gasteiger partial charge in [0.25, 0.3) is 0 Å². The molecule has 1 aliphatic rings. The summed E-state index contributed by atoms with van der Waals surface area (Å²) in [5.41, 5.74) is 7.17. The second kappa shape index (κ2) is 9.30. The summed E-state index contributed by atoms with van der Waals surface area (Å²) in [5.74, 6) is 0.809. The molecule has 0 bridgehead atoms. The molecule has 0 N–H and O–H groups in total. The minimum absolute atomic E-state index is 0.0214. The fourth-order valence-electron chi connectivity index (χ4n) is 3.73. The van der Waals surface area contributed by atoms with E-state index >= 15 is 0 Å². The summed E-state index contributed by atoms with van der Waals surface area (Å²) >= 11 is 0. The van der Waals surface area contributed by atoms with Crippen molar-refractivity contribution >= 4 is 17.2 Å². The molecule has 2 aromatic rings. The predicted octanol–water partition coefficient (Wildman–Crippen LogP) is 6.74. The number of aryl methyl sites for hydroxylation is 1. The van der Waals surface area contributed by atoms with Gasteiger partial charge in [0.1, 0.15) is 0 Å². The number of benzene rings is 2. The van der Waals surface area contributed by atoms with Crippen LogP contribution >= 0.6 is 0 Å². The maximum Gasteiger partial charge on any atom is 0.166 e. The molecule has 0 unspecified atom stereocenters. The molecule has 3 rings (SSSR count). The molecule has 29 heavy (non-hydrogen) atoms. The molecule has 0 amide bonds. The van der Waals surface area contributed by atoms with Gasteiger partial charge in [-0.1, -0.05) is 69.7 Å². The maximum absolute atomic E-state index is 12.9. The van der Waals surface area contributed by atoms with Crippen LogP contribution in [0.3, 0.4) is 0 Å². The second-order valence-electron chi connectivity index (χ2n) is 8.34. The first kappa shape index (κ1) is 21.2. The number of hydrogen-bond acceptors (Lipinski definition) is 3. The van der Waals surface area contributed by atoms with E-state index in [1.165, 1.54) is 19.3 Å². The van der Waals surface area contributed by atoms with Crippen LogP contribution < -0.4 is 0 Å². The van der Waals surface area contributed by atoms with Crippen LogP contribution in [0.15, 0.2) is 52.7 Å². The van der Waals surface area contributed by atoms with Gasteiger partial charge < -0.3 is 0 Å². The average Bonchev–Trinajstić information content (AvgIpc) is 2.69. The Balaban J connectivity index is 1.90. The Bertz CT molecular complexity index is 932. The minimum Gasteiger partial charge on any atom is -0.294 e. The molecule has 1 saturated carbocycles. The summed E-state index contributed by atoms with van der Waals surface area (Å²) in [4.78, 5) is 12.9. The van der Waals surface area contributed by atoms with E-state index in [4.69, 9.17) is 0 Å². The van der Waals surface area contributed by atoms with E-state index in [2.05, 4.69) is 60.4 Å². The molecule has 3 heteroatoms. The van der Waals surface area contributed by atoms with Crippen LogP contribution in [0.1, 0.15) is 75.4 Å². The van der Waals surface area contributed by atoms with Crippen molar-refractivity contribution in [1.82, 2.24) is 0 Å². The Hall–Kier alpha value is -2.55. The zero-order valence-electron chi connectivity index (χ0n) is 18.3. The Morgan fingerprint density at radius 3 is 2.28 bits per heavy atom. The van der Waals surface area contributed by atoms with Crippen molar-refractivity contribution in [1.29, 1.82) is 0 Å². The highest BCUT2D eigenvalue weighted by Crippen LogP contribution is 2.30. The van der Waals surface area contributed by atoms with Gasteiger partial charge in [-0.25, -0.2) is 0 Å². The van der Waals surface area contributed by atoms with Gasteiger partial charge in [0.15, 0.2) is 5.78 Å². The normalized spacial score (nSPS) is 15.5. The highest BCUT2D eigenvalue weighted by Gasteiger charge is 2.20. The first-order chi connectivity index (χ1) is 13.9. The molecule has 0 radical (unpaired) electrons. The summed E-state index contributed by atoms with van der Waals surface area (Å²) in [7, 11) is 0. The van der Waals surface area contributed by atoms with Gasteiger partial charge >= 0.3 is 0 Å². The van der Waals surface area contributed by atoms with Crippen molar-refractivity contribution in [2.45, 2.75) is 60.3 Å². The molecule has 3 nitrogen and oxygen atoms in total. The quantitative estimate of drug-likeness (QED) is 0.294. The largest absolute Gasteiger partial charge is 0.294 e. The third kappa shape index (κ3) is 4.72. The lowest BCUT2D eigenvalue weighted by Gasteiger charge is -2.24. The van der Waals surface area contributed by atoms with Crippen LogP contribution in [0.4, 0.5) is 0 Å². The third-order valence-electron chi connectivity index (χ3n) is 5.97. The number of carbonyl (C=O) groups is 1. The maximum atomic E-state index is 12.9.